The Kier molecular flexibility index (Phi) is 1.81. The fourth-order valence-electron chi connectivity index (χ4n) is 1.65. The summed E-state index contributed by atoms with van der Waals surface area (Å²) in [7, 11) is 0. The molecule has 1 aromatic carbocycles. The Morgan fingerprint density at radius 2 is 2.00 bits per heavy atom. The van der Waals surface area contributed by atoms with Crippen LogP contribution in [0.1, 0.15) is 0 Å². The van der Waals surface area contributed by atoms with Gasteiger partial charge in [-0.05, 0) is 24.3 Å². The second kappa shape index (κ2) is 3.28. The van der Waals surface area contributed by atoms with E-state index in [1.165, 1.54) is 0 Å². The maximum atomic E-state index is 5.42. The second-order valence-electron chi connectivity index (χ2n) is 3.25. The van der Waals surface area contributed by atoms with Gasteiger partial charge in [-0.3, -0.25) is 4.98 Å². The molecule has 0 N–H and O–H groups in total. The Labute approximate surface area is 87.3 Å². The van der Waals surface area contributed by atoms with Crippen LogP contribution < -0.4 is 9.47 Å². The smallest absolute Gasteiger partial charge is 0.231 e. The van der Waals surface area contributed by atoms with Gasteiger partial charge < -0.3 is 9.47 Å². The van der Waals surface area contributed by atoms with E-state index in [0.717, 1.165) is 22.8 Å². The molecule has 3 rings (SSSR count). The van der Waals surface area contributed by atoms with Gasteiger partial charge in [0.15, 0.2) is 11.5 Å². The monoisotopic (exact) mass is 199 g/mol. The topological polar surface area (TPSA) is 31.4 Å². The molecule has 0 fully saturated rings. The van der Waals surface area contributed by atoms with Gasteiger partial charge >= 0.3 is 0 Å². The van der Waals surface area contributed by atoms with Gasteiger partial charge in [0.25, 0.3) is 0 Å². The summed E-state index contributed by atoms with van der Waals surface area (Å²) >= 11 is 0. The molecule has 15 heavy (non-hydrogen) atoms. The third-order valence-corrected chi connectivity index (χ3v) is 2.34. The minimum Gasteiger partial charge on any atom is -0.454 e. The van der Waals surface area contributed by atoms with E-state index in [0.29, 0.717) is 6.79 Å². The lowest BCUT2D eigenvalue weighted by atomic mass is 10.1. The molecule has 1 aliphatic rings. The second-order valence-corrected chi connectivity index (χ2v) is 3.25. The van der Waals surface area contributed by atoms with Crippen molar-refractivity contribution in [2.24, 2.45) is 0 Å². The van der Waals surface area contributed by atoms with Gasteiger partial charge in [-0.2, -0.15) is 0 Å². The summed E-state index contributed by atoms with van der Waals surface area (Å²) < 4.78 is 10.7. The third-order valence-electron chi connectivity index (χ3n) is 2.34. The molecule has 0 bridgehead atoms. The summed E-state index contributed by atoms with van der Waals surface area (Å²) in [5.41, 5.74) is 1.88. The van der Waals surface area contributed by atoms with Crippen LogP contribution in [0.5, 0.6) is 11.5 Å². The molecule has 1 aliphatic heterocycles. The predicted molar refractivity (Wildman–Crippen MR) is 55.8 cm³/mol. The van der Waals surface area contributed by atoms with Crippen molar-refractivity contribution in [2.45, 2.75) is 0 Å². The highest BCUT2D eigenvalue weighted by molar-refractivity contribution is 5.71. The number of hydrogen-bond acceptors (Lipinski definition) is 3. The van der Waals surface area contributed by atoms with Crippen molar-refractivity contribution < 1.29 is 9.47 Å². The molecule has 3 nitrogen and oxygen atoms in total. The first-order chi connectivity index (χ1) is 7.45. The van der Waals surface area contributed by atoms with Crippen LogP contribution in [0.4, 0.5) is 0 Å². The van der Waals surface area contributed by atoms with Crippen molar-refractivity contribution in [1.82, 2.24) is 4.98 Å². The van der Waals surface area contributed by atoms with Crippen molar-refractivity contribution in [3.8, 4) is 22.8 Å². The van der Waals surface area contributed by atoms with E-state index < -0.39 is 0 Å². The standard InChI is InChI=1S/C12H9NO2/c1-2-7-13-10(5-1)9-4-3-6-11-12(9)15-8-14-11/h1-7H,8H2. The highest BCUT2D eigenvalue weighted by Gasteiger charge is 2.18. The Hall–Kier alpha value is -2.03. The van der Waals surface area contributed by atoms with Crippen molar-refractivity contribution in [2.75, 3.05) is 6.79 Å². The van der Waals surface area contributed by atoms with Crippen LogP contribution in [0.2, 0.25) is 0 Å². The van der Waals surface area contributed by atoms with Gasteiger partial charge in [0.1, 0.15) is 0 Å². The van der Waals surface area contributed by atoms with Crippen LogP contribution >= 0.6 is 0 Å². The first-order valence-corrected chi connectivity index (χ1v) is 4.75. The van der Waals surface area contributed by atoms with Crippen molar-refractivity contribution in [3.05, 3.63) is 42.6 Å². The number of benzene rings is 1. The maximum absolute atomic E-state index is 5.42. The largest absolute Gasteiger partial charge is 0.454 e. The molecule has 0 saturated carbocycles. The lowest BCUT2D eigenvalue weighted by Crippen LogP contribution is -1.93. The fraction of sp³-hybridized carbons (Fsp3) is 0.0833. The van der Waals surface area contributed by atoms with Crippen molar-refractivity contribution in [1.29, 1.82) is 0 Å². The van der Waals surface area contributed by atoms with Crippen LogP contribution in [0, 0.1) is 0 Å². The highest BCUT2D eigenvalue weighted by Crippen LogP contribution is 2.40. The zero-order chi connectivity index (χ0) is 10.1. The SMILES string of the molecule is c1ccc(-c2cccc3c2OCO3)nc1. The molecule has 0 atom stereocenters. The number of para-hydroxylation sites is 1. The zero-order valence-electron chi connectivity index (χ0n) is 8.01. The maximum Gasteiger partial charge on any atom is 0.231 e. The summed E-state index contributed by atoms with van der Waals surface area (Å²) in [6.45, 7) is 0.291. The third kappa shape index (κ3) is 1.32. The lowest BCUT2D eigenvalue weighted by Gasteiger charge is -2.03. The molecule has 0 spiro atoms. The number of nitrogens with zero attached hydrogens (tertiary/aromatic N) is 1. The Morgan fingerprint density at radius 1 is 1.00 bits per heavy atom. The molecule has 0 radical (unpaired) electrons. The zero-order valence-corrected chi connectivity index (χ0v) is 8.01. The predicted octanol–water partition coefficient (Wildman–Crippen LogP) is 2.48. The normalized spacial score (nSPS) is 12.8. The molecule has 0 aliphatic carbocycles. The van der Waals surface area contributed by atoms with Gasteiger partial charge in [0.05, 0.1) is 5.69 Å². The van der Waals surface area contributed by atoms with Gasteiger partial charge in [-0.25, -0.2) is 0 Å². The van der Waals surface area contributed by atoms with Crippen LogP contribution in [0.3, 0.4) is 0 Å². The van der Waals surface area contributed by atoms with Gasteiger partial charge in [0.2, 0.25) is 6.79 Å². The summed E-state index contributed by atoms with van der Waals surface area (Å²) in [4.78, 5) is 4.29. The van der Waals surface area contributed by atoms with Crippen LogP contribution in [0.15, 0.2) is 42.6 Å². The molecule has 3 heteroatoms. The number of pyridine rings is 1. The van der Waals surface area contributed by atoms with E-state index in [9.17, 15) is 0 Å². The molecule has 2 heterocycles. The van der Waals surface area contributed by atoms with Crippen LogP contribution in [0.25, 0.3) is 11.3 Å². The summed E-state index contributed by atoms with van der Waals surface area (Å²) in [6, 6.07) is 11.6. The first-order valence-electron chi connectivity index (χ1n) is 4.75. The van der Waals surface area contributed by atoms with Gasteiger partial charge in [-0.15, -0.1) is 0 Å². The van der Waals surface area contributed by atoms with Crippen molar-refractivity contribution >= 4 is 0 Å². The Balaban J connectivity index is 2.17. The van der Waals surface area contributed by atoms with Crippen LogP contribution in [-0.4, -0.2) is 11.8 Å². The number of rotatable bonds is 1. The molecular weight excluding hydrogens is 190 g/mol. The van der Waals surface area contributed by atoms with E-state index in [4.69, 9.17) is 9.47 Å². The van der Waals surface area contributed by atoms with Crippen LogP contribution in [-0.2, 0) is 0 Å². The first kappa shape index (κ1) is 8.29. The number of ether oxygens (including phenoxy) is 2. The van der Waals surface area contributed by atoms with Crippen molar-refractivity contribution in [3.63, 3.8) is 0 Å². The van der Waals surface area contributed by atoms with E-state index in [2.05, 4.69) is 4.98 Å². The average molecular weight is 199 g/mol. The van der Waals surface area contributed by atoms with Gasteiger partial charge in [-0.1, -0.05) is 12.1 Å². The molecule has 0 amide bonds. The van der Waals surface area contributed by atoms with Gasteiger partial charge in [0, 0.05) is 11.8 Å². The summed E-state index contributed by atoms with van der Waals surface area (Å²) in [5.74, 6) is 1.58. The quantitative estimate of drug-likeness (QED) is 0.707. The van der Waals surface area contributed by atoms with E-state index in [1.807, 2.05) is 36.4 Å². The minimum absolute atomic E-state index is 0.291. The molecule has 0 unspecified atom stereocenters. The number of fused-ring (bicyclic) bond motifs is 1. The fourth-order valence-corrected chi connectivity index (χ4v) is 1.65. The lowest BCUT2D eigenvalue weighted by molar-refractivity contribution is 0.174. The molecular formula is C12H9NO2. The van der Waals surface area contributed by atoms with E-state index in [1.54, 1.807) is 6.20 Å². The Morgan fingerprint density at radius 3 is 2.87 bits per heavy atom. The number of hydrogen-bond donors (Lipinski definition) is 0. The highest BCUT2D eigenvalue weighted by atomic mass is 16.7. The summed E-state index contributed by atoms with van der Waals surface area (Å²) in [6.07, 6.45) is 1.77. The Bertz CT molecular complexity index is 482. The molecule has 0 saturated heterocycles. The minimum atomic E-state index is 0.291. The molecule has 1 aromatic heterocycles. The van der Waals surface area contributed by atoms with E-state index >= 15 is 0 Å². The number of aromatic nitrogens is 1. The molecule has 2 aromatic rings. The van der Waals surface area contributed by atoms with E-state index in [-0.39, 0.29) is 0 Å². The average Bonchev–Trinajstić information content (AvgIpc) is 2.78. The summed E-state index contributed by atoms with van der Waals surface area (Å²) in [5, 5.41) is 0. The molecule has 74 valence electrons.